The van der Waals surface area contributed by atoms with Crippen LogP contribution in [0.5, 0.6) is 0 Å². The first-order chi connectivity index (χ1) is 14.1. The maximum atomic E-state index is 12.4. The first kappa shape index (κ1) is 19.7. The van der Waals surface area contributed by atoms with Gasteiger partial charge in [0.25, 0.3) is 5.91 Å². The van der Waals surface area contributed by atoms with Crippen LogP contribution in [0.3, 0.4) is 0 Å². The van der Waals surface area contributed by atoms with Gasteiger partial charge in [0.2, 0.25) is 0 Å². The van der Waals surface area contributed by atoms with Crippen molar-refractivity contribution in [1.82, 2.24) is 9.80 Å². The second-order valence-electron chi connectivity index (χ2n) is 7.54. The lowest BCUT2D eigenvalue weighted by Crippen LogP contribution is -2.47. The zero-order valence-electron chi connectivity index (χ0n) is 16.9. The van der Waals surface area contributed by atoms with Crippen molar-refractivity contribution in [3.63, 3.8) is 0 Å². The average Bonchev–Trinajstić information content (AvgIpc) is 3.10. The van der Waals surface area contributed by atoms with Crippen LogP contribution in [0, 0.1) is 0 Å². The number of benzene rings is 2. The van der Waals surface area contributed by atoms with Crippen molar-refractivity contribution >= 4 is 34.6 Å². The summed E-state index contributed by atoms with van der Waals surface area (Å²) in [6.07, 6.45) is 1.94. The van der Waals surface area contributed by atoms with Gasteiger partial charge in [-0.2, -0.15) is 4.99 Å². The number of amides is 1. The van der Waals surface area contributed by atoms with E-state index >= 15 is 0 Å². The first-order valence-electron chi connectivity index (χ1n) is 9.90. The highest BCUT2D eigenvalue weighted by Gasteiger charge is 2.28. The third kappa shape index (κ3) is 4.89. The van der Waals surface area contributed by atoms with Crippen molar-refractivity contribution < 1.29 is 4.79 Å². The van der Waals surface area contributed by atoms with Crippen molar-refractivity contribution in [2.24, 2.45) is 4.99 Å². The molecule has 2 aromatic carbocycles. The quantitative estimate of drug-likeness (QED) is 0.727. The minimum atomic E-state index is -0.131. The molecule has 4 rings (SSSR count). The van der Waals surface area contributed by atoms with Gasteiger partial charge in [0.05, 0.1) is 4.91 Å². The highest BCUT2D eigenvalue weighted by molar-refractivity contribution is 8.18. The van der Waals surface area contributed by atoms with E-state index in [1.54, 1.807) is 0 Å². The van der Waals surface area contributed by atoms with Gasteiger partial charge in [0.1, 0.15) is 0 Å². The van der Waals surface area contributed by atoms with Crippen molar-refractivity contribution in [2.75, 3.05) is 45.2 Å². The van der Waals surface area contributed by atoms with Crippen LogP contribution < -0.4 is 4.90 Å². The van der Waals surface area contributed by atoms with Crippen molar-refractivity contribution in [1.29, 1.82) is 0 Å². The molecule has 0 aromatic heterocycles. The van der Waals surface area contributed by atoms with Crippen molar-refractivity contribution in [3.8, 4) is 0 Å². The summed E-state index contributed by atoms with van der Waals surface area (Å²) in [7, 11) is 4.03. The molecule has 2 aliphatic rings. The van der Waals surface area contributed by atoms with Crippen LogP contribution in [0.25, 0.3) is 6.08 Å². The summed E-state index contributed by atoms with van der Waals surface area (Å²) in [5.41, 5.74) is 3.51. The van der Waals surface area contributed by atoms with Crippen molar-refractivity contribution in [3.05, 3.63) is 70.6 Å². The number of carbonyl (C=O) groups is 1. The van der Waals surface area contributed by atoms with E-state index in [1.807, 2.05) is 32.3 Å². The zero-order chi connectivity index (χ0) is 20.2. The first-order valence-corrected chi connectivity index (χ1v) is 10.7. The molecule has 2 aliphatic heterocycles. The van der Waals surface area contributed by atoms with E-state index in [2.05, 4.69) is 62.2 Å². The van der Waals surface area contributed by atoms with Crippen LogP contribution in [0.1, 0.15) is 11.1 Å². The molecule has 0 bridgehead atoms. The number of nitrogens with zero attached hydrogens (tertiary/aromatic N) is 4. The minimum Gasteiger partial charge on any atom is -0.378 e. The van der Waals surface area contributed by atoms with Crippen LogP contribution in [-0.4, -0.2) is 61.1 Å². The maximum absolute atomic E-state index is 12.4. The van der Waals surface area contributed by atoms with Crippen molar-refractivity contribution in [2.45, 2.75) is 6.54 Å². The molecule has 2 aromatic rings. The molecular weight excluding hydrogens is 380 g/mol. The number of carbonyl (C=O) groups excluding carboxylic acids is 1. The largest absolute Gasteiger partial charge is 0.378 e. The van der Waals surface area contributed by atoms with E-state index in [4.69, 9.17) is 0 Å². The standard InChI is InChI=1S/C23H26N4OS/c1-25(2)20-10-8-18(9-11-20)16-21-22(28)24-23(29-21)27-14-12-26(13-15-27)17-19-6-4-3-5-7-19/h3-11,16H,12-15,17H2,1-2H3/b21-16-. The number of rotatable bonds is 4. The highest BCUT2D eigenvalue weighted by Crippen LogP contribution is 2.31. The molecule has 0 unspecified atom stereocenters. The summed E-state index contributed by atoms with van der Waals surface area (Å²) in [6, 6.07) is 18.8. The second kappa shape index (κ2) is 8.84. The van der Waals surface area contributed by atoms with E-state index in [1.165, 1.54) is 17.3 Å². The lowest BCUT2D eigenvalue weighted by Gasteiger charge is -2.35. The Hall–Kier alpha value is -2.57. The SMILES string of the molecule is CN(C)c1ccc(/C=C2\SC(N3CCN(Cc4ccccc4)CC3)=NC2=O)cc1. The molecule has 0 aliphatic carbocycles. The Bertz CT molecular complexity index is 914. The number of hydrogen-bond donors (Lipinski definition) is 0. The summed E-state index contributed by atoms with van der Waals surface area (Å²) in [5.74, 6) is -0.131. The van der Waals surface area contributed by atoms with E-state index < -0.39 is 0 Å². The Morgan fingerprint density at radius 2 is 1.69 bits per heavy atom. The van der Waals surface area contributed by atoms with E-state index in [9.17, 15) is 4.79 Å². The molecule has 1 fully saturated rings. The van der Waals surface area contributed by atoms with E-state index in [0.29, 0.717) is 4.91 Å². The van der Waals surface area contributed by atoms with Gasteiger partial charge in [-0.3, -0.25) is 9.69 Å². The van der Waals surface area contributed by atoms with Gasteiger partial charge in [-0.15, -0.1) is 0 Å². The molecule has 2 heterocycles. The molecule has 0 atom stereocenters. The number of piperazine rings is 1. The number of hydrogen-bond acceptors (Lipinski definition) is 5. The Balaban J connectivity index is 1.34. The number of amidine groups is 1. The normalized spacial score (nSPS) is 19.0. The zero-order valence-corrected chi connectivity index (χ0v) is 17.7. The van der Waals surface area contributed by atoms with Crippen LogP contribution in [-0.2, 0) is 11.3 Å². The fraction of sp³-hybridized carbons (Fsp3) is 0.304. The van der Waals surface area contributed by atoms with Gasteiger partial charge < -0.3 is 9.80 Å². The summed E-state index contributed by atoms with van der Waals surface area (Å²) in [5, 5.41) is 0.838. The smallest absolute Gasteiger partial charge is 0.286 e. The van der Waals surface area contributed by atoms with Gasteiger partial charge in [-0.25, -0.2) is 0 Å². The molecule has 0 N–H and O–H groups in total. The molecule has 0 spiro atoms. The minimum absolute atomic E-state index is 0.131. The lowest BCUT2D eigenvalue weighted by atomic mass is 10.2. The van der Waals surface area contributed by atoms with Crippen LogP contribution in [0.15, 0.2) is 64.5 Å². The summed E-state index contributed by atoms with van der Waals surface area (Å²) >= 11 is 1.49. The number of aliphatic imine (C=N–C) groups is 1. The second-order valence-corrected chi connectivity index (χ2v) is 8.55. The van der Waals surface area contributed by atoms with Crippen LogP contribution >= 0.6 is 11.8 Å². The molecule has 1 amide bonds. The summed E-state index contributed by atoms with van der Waals surface area (Å²) in [4.78, 5) is 24.2. The predicted octanol–water partition coefficient (Wildman–Crippen LogP) is 3.54. The lowest BCUT2D eigenvalue weighted by molar-refractivity contribution is -0.113. The maximum Gasteiger partial charge on any atom is 0.286 e. The summed E-state index contributed by atoms with van der Waals surface area (Å²) < 4.78 is 0. The third-order valence-electron chi connectivity index (χ3n) is 5.21. The summed E-state index contributed by atoms with van der Waals surface area (Å²) in [6.45, 7) is 4.73. The van der Waals surface area contributed by atoms with Gasteiger partial charge >= 0.3 is 0 Å². The Morgan fingerprint density at radius 1 is 1.00 bits per heavy atom. The number of thioether (sulfide) groups is 1. The van der Waals surface area contributed by atoms with Crippen LogP contribution in [0.2, 0.25) is 0 Å². The Labute approximate surface area is 176 Å². The predicted molar refractivity (Wildman–Crippen MR) is 122 cm³/mol. The van der Waals surface area contributed by atoms with Gasteiger partial charge in [0.15, 0.2) is 5.17 Å². The highest BCUT2D eigenvalue weighted by atomic mass is 32.2. The van der Waals surface area contributed by atoms with Gasteiger partial charge in [0, 0.05) is 52.5 Å². The van der Waals surface area contributed by atoms with Gasteiger partial charge in [-0.1, -0.05) is 42.5 Å². The molecular formula is C23H26N4OS. The van der Waals surface area contributed by atoms with Gasteiger partial charge in [-0.05, 0) is 41.1 Å². The average molecular weight is 407 g/mol. The molecule has 150 valence electrons. The molecule has 29 heavy (non-hydrogen) atoms. The number of anilines is 1. The van der Waals surface area contributed by atoms with E-state index in [-0.39, 0.29) is 5.91 Å². The topological polar surface area (TPSA) is 39.1 Å². The Kier molecular flexibility index (Phi) is 6.02. The fourth-order valence-electron chi connectivity index (χ4n) is 3.49. The third-order valence-corrected chi connectivity index (χ3v) is 6.25. The molecule has 0 radical (unpaired) electrons. The fourth-order valence-corrected chi connectivity index (χ4v) is 4.46. The monoisotopic (exact) mass is 406 g/mol. The molecule has 5 nitrogen and oxygen atoms in total. The molecule has 1 saturated heterocycles. The Morgan fingerprint density at radius 3 is 2.34 bits per heavy atom. The van der Waals surface area contributed by atoms with Crippen LogP contribution in [0.4, 0.5) is 5.69 Å². The molecule has 0 saturated carbocycles. The van der Waals surface area contributed by atoms with E-state index in [0.717, 1.165) is 49.1 Å². The molecule has 6 heteroatoms.